The molecule has 3 aromatic rings. The van der Waals surface area contributed by atoms with Gasteiger partial charge in [0.05, 0.1) is 11.9 Å². The van der Waals surface area contributed by atoms with Crippen molar-refractivity contribution < 1.29 is 9.18 Å². The molecule has 2 heterocycles. The van der Waals surface area contributed by atoms with E-state index in [1.807, 2.05) is 6.92 Å². The predicted octanol–water partition coefficient (Wildman–Crippen LogP) is 2.23. The van der Waals surface area contributed by atoms with Crippen molar-refractivity contribution in [3.63, 3.8) is 0 Å². The lowest BCUT2D eigenvalue weighted by molar-refractivity contribution is 0.101. The molecule has 25 heavy (non-hydrogen) atoms. The second kappa shape index (κ2) is 7.08. The van der Waals surface area contributed by atoms with Gasteiger partial charge in [0.15, 0.2) is 0 Å². The summed E-state index contributed by atoms with van der Waals surface area (Å²) in [5, 5.41) is 10.9. The minimum Gasteiger partial charge on any atom is -0.305 e. The minimum atomic E-state index is -0.464. The van der Waals surface area contributed by atoms with Crippen LogP contribution in [-0.2, 0) is 6.54 Å². The first-order chi connectivity index (χ1) is 12.1. The molecule has 0 atom stereocenters. The van der Waals surface area contributed by atoms with Crippen LogP contribution in [0.5, 0.6) is 0 Å². The maximum atomic E-state index is 13.0. The van der Waals surface area contributed by atoms with E-state index >= 15 is 0 Å². The number of nitrogens with zero attached hydrogens (tertiary/aromatic N) is 4. The lowest BCUT2D eigenvalue weighted by atomic mass is 10.3. The third-order valence-electron chi connectivity index (χ3n) is 3.50. The Labute approximate surface area is 142 Å². The smallest absolute Gasteiger partial charge is 0.277 e. The number of rotatable bonds is 5. The van der Waals surface area contributed by atoms with Gasteiger partial charge in [-0.3, -0.25) is 9.59 Å². The molecule has 128 valence electrons. The Morgan fingerprint density at radius 1 is 1.16 bits per heavy atom. The third-order valence-corrected chi connectivity index (χ3v) is 3.50. The van der Waals surface area contributed by atoms with Crippen LogP contribution in [0.2, 0.25) is 0 Å². The monoisotopic (exact) mass is 341 g/mol. The minimum absolute atomic E-state index is 0.0631. The Kier molecular flexibility index (Phi) is 4.69. The van der Waals surface area contributed by atoms with Crippen LogP contribution in [0, 0.1) is 5.82 Å². The Morgan fingerprint density at radius 2 is 1.92 bits per heavy atom. The Hall–Kier alpha value is -3.29. The van der Waals surface area contributed by atoms with Gasteiger partial charge < -0.3 is 5.32 Å². The molecule has 0 aliphatic rings. The number of benzene rings is 1. The number of carbonyl (C=O) groups is 1. The van der Waals surface area contributed by atoms with Crippen molar-refractivity contribution in [2.24, 2.45) is 0 Å². The van der Waals surface area contributed by atoms with Gasteiger partial charge in [0.1, 0.15) is 17.3 Å². The fraction of sp³-hybridized carbons (Fsp3) is 0.176. The number of aromatic nitrogens is 4. The van der Waals surface area contributed by atoms with E-state index in [1.165, 1.54) is 36.4 Å². The highest BCUT2D eigenvalue weighted by atomic mass is 19.1. The van der Waals surface area contributed by atoms with Gasteiger partial charge in [0.2, 0.25) is 0 Å². The molecule has 8 heteroatoms. The standard InChI is InChI=1S/C17H16FN5O2/c1-2-11-22-15(9-10-19-22)20-17(25)14-7-8-16(24)23(21-14)13-5-3-12(18)4-6-13/h3-10H,2,11H2,1H3,(H,20,25). The average Bonchev–Trinajstić information content (AvgIpc) is 3.03. The summed E-state index contributed by atoms with van der Waals surface area (Å²) in [6.45, 7) is 2.68. The summed E-state index contributed by atoms with van der Waals surface area (Å²) in [5.41, 5.74) is 0.0180. The van der Waals surface area contributed by atoms with Gasteiger partial charge >= 0.3 is 0 Å². The van der Waals surface area contributed by atoms with Crippen LogP contribution in [0.3, 0.4) is 0 Å². The van der Waals surface area contributed by atoms with Gasteiger partial charge in [0.25, 0.3) is 11.5 Å². The first kappa shape index (κ1) is 16.6. The molecule has 0 unspecified atom stereocenters. The summed E-state index contributed by atoms with van der Waals surface area (Å²) in [6, 6.07) is 9.55. The van der Waals surface area contributed by atoms with Crippen LogP contribution in [0.25, 0.3) is 5.69 Å². The Bertz CT molecular complexity index is 946. The van der Waals surface area contributed by atoms with Gasteiger partial charge in [-0.15, -0.1) is 0 Å². The summed E-state index contributed by atoms with van der Waals surface area (Å²) >= 11 is 0. The predicted molar refractivity (Wildman–Crippen MR) is 90.3 cm³/mol. The van der Waals surface area contributed by atoms with E-state index in [-0.39, 0.29) is 5.69 Å². The molecular formula is C17H16FN5O2. The highest BCUT2D eigenvalue weighted by Gasteiger charge is 2.13. The molecule has 7 nitrogen and oxygen atoms in total. The molecule has 1 aromatic carbocycles. The SMILES string of the molecule is CCCn1nccc1NC(=O)c1ccc(=O)n(-c2ccc(F)cc2)n1. The number of hydrogen-bond acceptors (Lipinski definition) is 4. The van der Waals surface area contributed by atoms with Gasteiger partial charge in [-0.2, -0.15) is 14.9 Å². The fourth-order valence-corrected chi connectivity index (χ4v) is 2.31. The van der Waals surface area contributed by atoms with Crippen LogP contribution in [-0.4, -0.2) is 25.5 Å². The molecule has 0 saturated carbocycles. The number of amides is 1. The normalized spacial score (nSPS) is 10.6. The van der Waals surface area contributed by atoms with E-state index < -0.39 is 17.3 Å². The van der Waals surface area contributed by atoms with Crippen LogP contribution in [0.4, 0.5) is 10.2 Å². The number of hydrogen-bond donors (Lipinski definition) is 1. The Morgan fingerprint density at radius 3 is 2.64 bits per heavy atom. The molecule has 0 saturated heterocycles. The maximum Gasteiger partial charge on any atom is 0.277 e. The van der Waals surface area contributed by atoms with Crippen molar-refractivity contribution in [1.29, 1.82) is 0 Å². The van der Waals surface area contributed by atoms with E-state index in [0.29, 0.717) is 18.1 Å². The largest absolute Gasteiger partial charge is 0.305 e. The molecule has 3 rings (SSSR count). The zero-order valence-electron chi connectivity index (χ0n) is 13.5. The number of carbonyl (C=O) groups excluding carboxylic acids is 1. The Balaban J connectivity index is 1.88. The average molecular weight is 341 g/mol. The zero-order chi connectivity index (χ0) is 17.8. The zero-order valence-corrected chi connectivity index (χ0v) is 13.5. The van der Waals surface area contributed by atoms with Crippen molar-refractivity contribution in [3.05, 3.63) is 70.5 Å². The van der Waals surface area contributed by atoms with Crippen LogP contribution >= 0.6 is 0 Å². The van der Waals surface area contributed by atoms with E-state index in [4.69, 9.17) is 0 Å². The van der Waals surface area contributed by atoms with Crippen molar-refractivity contribution >= 4 is 11.7 Å². The molecule has 0 fully saturated rings. The molecule has 0 bridgehead atoms. The van der Waals surface area contributed by atoms with Gasteiger partial charge in [-0.1, -0.05) is 6.92 Å². The highest BCUT2D eigenvalue weighted by molar-refractivity contribution is 6.02. The van der Waals surface area contributed by atoms with E-state index in [2.05, 4.69) is 15.5 Å². The fourth-order valence-electron chi connectivity index (χ4n) is 2.31. The second-order valence-electron chi connectivity index (χ2n) is 5.34. The topological polar surface area (TPSA) is 81.8 Å². The molecule has 0 aliphatic carbocycles. The molecule has 0 spiro atoms. The summed E-state index contributed by atoms with van der Waals surface area (Å²) in [4.78, 5) is 24.4. The van der Waals surface area contributed by atoms with E-state index in [1.54, 1.807) is 16.9 Å². The van der Waals surface area contributed by atoms with Gasteiger partial charge in [0, 0.05) is 18.7 Å². The summed E-state index contributed by atoms with van der Waals surface area (Å²) in [6.07, 6.45) is 2.47. The van der Waals surface area contributed by atoms with Gasteiger partial charge in [-0.25, -0.2) is 9.07 Å². The molecule has 2 aromatic heterocycles. The lowest BCUT2D eigenvalue weighted by Crippen LogP contribution is -2.25. The van der Waals surface area contributed by atoms with Crippen molar-refractivity contribution in [2.45, 2.75) is 19.9 Å². The van der Waals surface area contributed by atoms with Crippen LogP contribution in [0.1, 0.15) is 23.8 Å². The molecule has 1 N–H and O–H groups in total. The second-order valence-corrected chi connectivity index (χ2v) is 5.34. The number of nitrogens with one attached hydrogen (secondary N) is 1. The number of aryl methyl sites for hydroxylation is 1. The summed E-state index contributed by atoms with van der Waals surface area (Å²) in [7, 11) is 0. The van der Waals surface area contributed by atoms with Crippen molar-refractivity contribution in [3.8, 4) is 5.69 Å². The van der Waals surface area contributed by atoms with Crippen molar-refractivity contribution in [1.82, 2.24) is 19.6 Å². The summed E-state index contributed by atoms with van der Waals surface area (Å²) in [5.74, 6) is -0.336. The van der Waals surface area contributed by atoms with Gasteiger partial charge in [-0.05, 0) is 36.8 Å². The first-order valence-corrected chi connectivity index (χ1v) is 7.78. The lowest BCUT2D eigenvalue weighted by Gasteiger charge is -2.09. The highest BCUT2D eigenvalue weighted by Crippen LogP contribution is 2.10. The van der Waals surface area contributed by atoms with Crippen molar-refractivity contribution in [2.75, 3.05) is 5.32 Å². The van der Waals surface area contributed by atoms with E-state index in [0.717, 1.165) is 11.1 Å². The quantitative estimate of drug-likeness (QED) is 0.771. The molecular weight excluding hydrogens is 325 g/mol. The number of halogens is 1. The first-order valence-electron chi connectivity index (χ1n) is 7.78. The molecule has 0 aliphatic heterocycles. The summed E-state index contributed by atoms with van der Waals surface area (Å²) < 4.78 is 15.8. The molecule has 0 radical (unpaired) electrons. The molecule has 1 amide bonds. The van der Waals surface area contributed by atoms with E-state index in [9.17, 15) is 14.0 Å². The number of anilines is 1. The van der Waals surface area contributed by atoms with Crippen LogP contribution in [0.15, 0.2) is 53.5 Å². The van der Waals surface area contributed by atoms with Crippen LogP contribution < -0.4 is 10.9 Å². The third kappa shape index (κ3) is 3.63. The maximum absolute atomic E-state index is 13.0.